The monoisotopic (exact) mass is 445 g/mol. The Kier molecular flexibility index (Phi) is 6.83. The fourth-order valence-corrected chi connectivity index (χ4v) is 4.40. The van der Waals surface area contributed by atoms with E-state index >= 15 is 0 Å². The summed E-state index contributed by atoms with van der Waals surface area (Å²) in [7, 11) is 0. The van der Waals surface area contributed by atoms with Crippen molar-refractivity contribution in [1.29, 1.82) is 0 Å². The number of carbonyl (C=O) groups excluding carboxylic acids is 2. The van der Waals surface area contributed by atoms with Gasteiger partial charge in [-0.25, -0.2) is 9.37 Å². The van der Waals surface area contributed by atoms with Gasteiger partial charge >= 0.3 is 0 Å². The molecule has 1 aliphatic heterocycles. The van der Waals surface area contributed by atoms with Crippen molar-refractivity contribution in [2.24, 2.45) is 0 Å². The summed E-state index contributed by atoms with van der Waals surface area (Å²) < 4.78 is 13.9. The first-order chi connectivity index (χ1) is 15.6. The predicted octanol–water partition coefficient (Wildman–Crippen LogP) is 3.40. The summed E-state index contributed by atoms with van der Waals surface area (Å²) in [6, 6.07) is 18.5. The average Bonchev–Trinajstić information content (AvgIpc) is 2.81. The zero-order valence-electron chi connectivity index (χ0n) is 17.0. The summed E-state index contributed by atoms with van der Waals surface area (Å²) in [5, 5.41) is 5.16. The van der Waals surface area contributed by atoms with E-state index in [1.165, 1.54) is 17.8 Å². The number of carbonyl (C=O) groups is 2. The van der Waals surface area contributed by atoms with Gasteiger partial charge in [0.25, 0.3) is 0 Å². The van der Waals surface area contributed by atoms with Gasteiger partial charge in [-0.3, -0.25) is 9.59 Å². The highest BCUT2D eigenvalue weighted by atomic mass is 32.2. The van der Waals surface area contributed by atoms with Crippen LogP contribution in [0.15, 0.2) is 72.9 Å². The number of nitrogens with one attached hydrogen (secondary N) is 2. The maximum absolute atomic E-state index is 13.9. The molecule has 0 aliphatic carbocycles. The first kappa shape index (κ1) is 21.6. The Labute approximate surface area is 189 Å². The number of pyridine rings is 1. The van der Waals surface area contributed by atoms with Crippen LogP contribution < -0.4 is 10.6 Å². The van der Waals surface area contributed by atoms with Gasteiger partial charge in [-0.05, 0) is 54.3 Å². The molecule has 2 aromatic carbocycles. The molecule has 0 spiro atoms. The van der Waals surface area contributed by atoms with Crippen molar-refractivity contribution in [1.82, 2.24) is 10.3 Å². The van der Waals surface area contributed by atoms with Crippen LogP contribution in [-0.2, 0) is 16.0 Å². The number of hydrogen-bond donors (Lipinski definition) is 2. The smallest absolute Gasteiger partial charge is 0.247 e. The SMILES string of the molecule is O=C(Nc1cccc(C#Cc2ccccn2)c1)C1CSC(Cc2ccccc2F)C(=O)N1. The Morgan fingerprint density at radius 3 is 2.75 bits per heavy atom. The number of halogens is 1. The molecule has 5 nitrogen and oxygen atoms in total. The maximum Gasteiger partial charge on any atom is 0.247 e. The van der Waals surface area contributed by atoms with E-state index in [0.717, 1.165) is 5.56 Å². The molecule has 0 saturated carbocycles. The molecule has 2 N–H and O–H groups in total. The minimum absolute atomic E-state index is 0.264. The van der Waals surface area contributed by atoms with Crippen molar-refractivity contribution in [2.75, 3.05) is 11.1 Å². The number of aromatic nitrogens is 1. The molecular weight excluding hydrogens is 425 g/mol. The summed E-state index contributed by atoms with van der Waals surface area (Å²) in [4.78, 5) is 29.3. The molecular formula is C25H20FN3O2S. The number of hydrogen-bond acceptors (Lipinski definition) is 4. The van der Waals surface area contributed by atoms with Crippen LogP contribution in [0.4, 0.5) is 10.1 Å². The zero-order chi connectivity index (χ0) is 22.3. The quantitative estimate of drug-likeness (QED) is 0.604. The third-order valence-corrected chi connectivity index (χ3v) is 6.19. The zero-order valence-corrected chi connectivity index (χ0v) is 17.9. The van der Waals surface area contributed by atoms with Gasteiger partial charge < -0.3 is 10.6 Å². The summed E-state index contributed by atoms with van der Waals surface area (Å²) in [6.07, 6.45) is 1.96. The lowest BCUT2D eigenvalue weighted by molar-refractivity contribution is -0.126. The molecule has 2 unspecified atom stereocenters. The normalized spacial score (nSPS) is 17.6. The first-order valence-corrected chi connectivity index (χ1v) is 11.1. The molecule has 1 aliphatic rings. The van der Waals surface area contributed by atoms with Crippen molar-refractivity contribution in [3.8, 4) is 11.8 Å². The van der Waals surface area contributed by atoms with Crippen LogP contribution in [0, 0.1) is 17.7 Å². The second kappa shape index (κ2) is 10.1. The van der Waals surface area contributed by atoms with Gasteiger partial charge in [0.2, 0.25) is 11.8 Å². The third-order valence-electron chi connectivity index (χ3n) is 4.88. The summed E-state index contributed by atoms with van der Waals surface area (Å²) in [5.41, 5.74) is 2.48. The standard InChI is InChI=1S/C25H20FN3O2S/c26-21-10-2-1-7-18(21)15-23-25(31)29-22(16-32-23)24(30)28-20-9-5-6-17(14-20)11-12-19-8-3-4-13-27-19/h1-10,13-14,22-23H,15-16H2,(H,28,30)(H,29,31). The van der Waals surface area contributed by atoms with Crippen molar-refractivity contribution in [2.45, 2.75) is 17.7 Å². The molecule has 0 radical (unpaired) electrons. The molecule has 0 bridgehead atoms. The van der Waals surface area contributed by atoms with Crippen molar-refractivity contribution < 1.29 is 14.0 Å². The van der Waals surface area contributed by atoms with E-state index < -0.39 is 11.3 Å². The van der Waals surface area contributed by atoms with E-state index in [0.29, 0.717) is 22.7 Å². The Morgan fingerprint density at radius 1 is 1.12 bits per heavy atom. The van der Waals surface area contributed by atoms with Crippen LogP contribution in [0.2, 0.25) is 0 Å². The highest BCUT2D eigenvalue weighted by Crippen LogP contribution is 2.24. The summed E-state index contributed by atoms with van der Waals surface area (Å²) in [6.45, 7) is 0. The Hall–Kier alpha value is -3.63. The van der Waals surface area contributed by atoms with Gasteiger partial charge in [0.05, 0.1) is 5.25 Å². The summed E-state index contributed by atoms with van der Waals surface area (Å²) >= 11 is 1.36. The number of rotatable bonds is 4. The van der Waals surface area contributed by atoms with Crippen LogP contribution >= 0.6 is 11.8 Å². The fourth-order valence-electron chi connectivity index (χ4n) is 3.23. The molecule has 1 aromatic heterocycles. The minimum atomic E-state index is -0.660. The molecule has 7 heteroatoms. The number of nitrogens with zero attached hydrogens (tertiary/aromatic N) is 1. The molecule has 32 heavy (non-hydrogen) atoms. The molecule has 2 heterocycles. The Balaban J connectivity index is 1.35. The average molecular weight is 446 g/mol. The molecule has 1 fully saturated rings. The predicted molar refractivity (Wildman–Crippen MR) is 124 cm³/mol. The third kappa shape index (κ3) is 5.54. The van der Waals surface area contributed by atoms with Crippen LogP contribution in [0.5, 0.6) is 0 Å². The van der Waals surface area contributed by atoms with E-state index in [4.69, 9.17) is 0 Å². The van der Waals surface area contributed by atoms with Crippen molar-refractivity contribution >= 4 is 29.3 Å². The molecule has 3 aromatic rings. The lowest BCUT2D eigenvalue weighted by atomic mass is 10.1. The minimum Gasteiger partial charge on any atom is -0.343 e. The van der Waals surface area contributed by atoms with Gasteiger partial charge in [-0.15, -0.1) is 11.8 Å². The Morgan fingerprint density at radius 2 is 1.97 bits per heavy atom. The van der Waals surface area contributed by atoms with Crippen molar-refractivity contribution in [3.63, 3.8) is 0 Å². The van der Waals surface area contributed by atoms with Gasteiger partial charge in [0, 0.05) is 23.2 Å². The van der Waals surface area contributed by atoms with Crippen LogP contribution in [0.25, 0.3) is 0 Å². The number of anilines is 1. The lowest BCUT2D eigenvalue weighted by Gasteiger charge is -2.28. The van der Waals surface area contributed by atoms with E-state index in [1.807, 2.05) is 24.3 Å². The molecule has 2 atom stereocenters. The largest absolute Gasteiger partial charge is 0.343 e. The second-order valence-corrected chi connectivity index (χ2v) is 8.45. The van der Waals surface area contributed by atoms with Crippen LogP contribution in [0.3, 0.4) is 0 Å². The van der Waals surface area contributed by atoms with Crippen molar-refractivity contribution in [3.05, 3.63) is 95.6 Å². The second-order valence-electron chi connectivity index (χ2n) is 7.21. The highest BCUT2D eigenvalue weighted by Gasteiger charge is 2.32. The van der Waals surface area contributed by atoms with Gasteiger partial charge in [0.15, 0.2) is 0 Å². The summed E-state index contributed by atoms with van der Waals surface area (Å²) in [5.74, 6) is 5.53. The van der Waals surface area contributed by atoms with Crippen LogP contribution in [-0.4, -0.2) is 33.8 Å². The van der Waals surface area contributed by atoms with E-state index in [1.54, 1.807) is 42.6 Å². The number of thioether (sulfide) groups is 1. The molecule has 4 rings (SSSR count). The van der Waals surface area contributed by atoms with Gasteiger partial charge in [0.1, 0.15) is 17.6 Å². The van der Waals surface area contributed by atoms with Gasteiger partial charge in [-0.1, -0.05) is 36.3 Å². The Bertz CT molecular complexity index is 1190. The van der Waals surface area contributed by atoms with Gasteiger partial charge in [-0.2, -0.15) is 0 Å². The molecule has 1 saturated heterocycles. The maximum atomic E-state index is 13.9. The lowest BCUT2D eigenvalue weighted by Crippen LogP contribution is -2.52. The number of amides is 2. The molecule has 2 amide bonds. The van der Waals surface area contributed by atoms with E-state index in [-0.39, 0.29) is 24.1 Å². The topological polar surface area (TPSA) is 71.1 Å². The first-order valence-electron chi connectivity index (χ1n) is 10.1. The van der Waals surface area contributed by atoms with E-state index in [2.05, 4.69) is 27.5 Å². The fraction of sp³-hybridized carbons (Fsp3) is 0.160. The molecule has 160 valence electrons. The number of benzene rings is 2. The highest BCUT2D eigenvalue weighted by molar-refractivity contribution is 8.00. The van der Waals surface area contributed by atoms with Crippen LogP contribution in [0.1, 0.15) is 16.8 Å². The van der Waals surface area contributed by atoms with E-state index in [9.17, 15) is 14.0 Å².